The lowest BCUT2D eigenvalue weighted by atomic mass is 10.2. The second kappa shape index (κ2) is 6.90. The molecule has 1 aromatic rings. The largest absolute Gasteiger partial charge is 0.380 e. The Bertz CT molecular complexity index is 273. The summed E-state index contributed by atoms with van der Waals surface area (Å²) in [5.74, 6) is 0. The Morgan fingerprint density at radius 3 is 3.00 bits per heavy atom. The molecular formula is C10H19N3OS. The van der Waals surface area contributed by atoms with E-state index >= 15 is 0 Å². The summed E-state index contributed by atoms with van der Waals surface area (Å²) in [6.45, 7) is 4.40. The van der Waals surface area contributed by atoms with Crippen LogP contribution in [0.5, 0.6) is 0 Å². The van der Waals surface area contributed by atoms with Gasteiger partial charge in [-0.3, -0.25) is 0 Å². The van der Waals surface area contributed by atoms with Crippen LogP contribution in [0.1, 0.15) is 16.3 Å². The van der Waals surface area contributed by atoms with E-state index in [-0.39, 0.29) is 6.10 Å². The molecule has 0 bridgehead atoms. The van der Waals surface area contributed by atoms with Crippen molar-refractivity contribution < 1.29 is 4.74 Å². The molecule has 15 heavy (non-hydrogen) atoms. The summed E-state index contributed by atoms with van der Waals surface area (Å²) in [5, 5.41) is 4.46. The first kappa shape index (κ1) is 12.6. The zero-order valence-electron chi connectivity index (χ0n) is 9.32. The Balaban J connectivity index is 2.11. The van der Waals surface area contributed by atoms with Crippen LogP contribution in [0.2, 0.25) is 0 Å². The summed E-state index contributed by atoms with van der Waals surface area (Å²) in [5.41, 5.74) is 5.52. The van der Waals surface area contributed by atoms with E-state index in [1.165, 1.54) is 4.88 Å². The van der Waals surface area contributed by atoms with Crippen molar-refractivity contribution >= 4 is 11.3 Å². The summed E-state index contributed by atoms with van der Waals surface area (Å²) in [6, 6.07) is 0. The van der Waals surface area contributed by atoms with Gasteiger partial charge in [0.25, 0.3) is 0 Å². The molecule has 1 heterocycles. The molecule has 5 heteroatoms. The zero-order chi connectivity index (χ0) is 11.1. The maximum absolute atomic E-state index is 5.52. The molecule has 0 saturated heterocycles. The number of nitrogens with zero attached hydrogens (tertiary/aromatic N) is 1. The number of hydrogen-bond donors (Lipinski definition) is 2. The van der Waals surface area contributed by atoms with Crippen LogP contribution >= 0.6 is 11.3 Å². The number of hydrogen-bond acceptors (Lipinski definition) is 5. The molecule has 1 unspecified atom stereocenters. The number of nitrogens with two attached hydrogens (primary N) is 1. The first-order chi connectivity index (χ1) is 7.26. The molecule has 0 amide bonds. The van der Waals surface area contributed by atoms with E-state index in [9.17, 15) is 0 Å². The van der Waals surface area contributed by atoms with E-state index in [0.29, 0.717) is 6.54 Å². The molecule has 0 aliphatic carbocycles. The van der Waals surface area contributed by atoms with Crippen molar-refractivity contribution in [2.45, 2.75) is 26.0 Å². The molecule has 0 saturated carbocycles. The van der Waals surface area contributed by atoms with E-state index in [1.54, 1.807) is 18.4 Å². The molecule has 1 aromatic heterocycles. The molecule has 0 radical (unpaired) electrons. The van der Waals surface area contributed by atoms with Gasteiger partial charge in [-0.1, -0.05) is 0 Å². The van der Waals surface area contributed by atoms with Gasteiger partial charge in [-0.25, -0.2) is 4.98 Å². The minimum atomic E-state index is 0.167. The van der Waals surface area contributed by atoms with Crippen molar-refractivity contribution in [3.63, 3.8) is 0 Å². The maximum atomic E-state index is 5.52. The van der Waals surface area contributed by atoms with Crippen LogP contribution in [0.15, 0.2) is 6.20 Å². The van der Waals surface area contributed by atoms with Gasteiger partial charge in [0.15, 0.2) is 0 Å². The predicted molar refractivity (Wildman–Crippen MR) is 63.0 cm³/mol. The number of aromatic nitrogens is 1. The third-order valence-corrected chi connectivity index (χ3v) is 3.12. The predicted octanol–water partition coefficient (Wildman–Crippen LogP) is 0.905. The topological polar surface area (TPSA) is 60.2 Å². The first-order valence-corrected chi connectivity index (χ1v) is 5.92. The van der Waals surface area contributed by atoms with Crippen LogP contribution < -0.4 is 11.1 Å². The third kappa shape index (κ3) is 4.70. The summed E-state index contributed by atoms with van der Waals surface area (Å²) in [7, 11) is 1.70. The fourth-order valence-electron chi connectivity index (χ4n) is 1.29. The number of thiazole rings is 1. The van der Waals surface area contributed by atoms with Crippen molar-refractivity contribution in [1.29, 1.82) is 0 Å². The highest BCUT2D eigenvalue weighted by Crippen LogP contribution is 2.10. The lowest BCUT2D eigenvalue weighted by Crippen LogP contribution is -2.27. The standard InChI is InChI=1S/C10H19N3OS/c1-8-13-7-10(15-8)6-12-4-3-9(5-11)14-2/h7,9,12H,3-6,11H2,1-2H3. The average molecular weight is 229 g/mol. The normalized spacial score (nSPS) is 13.0. The summed E-state index contributed by atoms with van der Waals surface area (Å²) < 4.78 is 5.18. The van der Waals surface area contributed by atoms with E-state index in [4.69, 9.17) is 10.5 Å². The Kier molecular flexibility index (Phi) is 5.78. The average Bonchev–Trinajstić information content (AvgIpc) is 2.65. The monoisotopic (exact) mass is 229 g/mol. The zero-order valence-corrected chi connectivity index (χ0v) is 10.1. The van der Waals surface area contributed by atoms with Crippen molar-refractivity contribution in [3.05, 3.63) is 16.1 Å². The number of nitrogens with one attached hydrogen (secondary N) is 1. The highest BCUT2D eigenvalue weighted by atomic mass is 32.1. The number of methoxy groups -OCH3 is 1. The Morgan fingerprint density at radius 1 is 1.67 bits per heavy atom. The smallest absolute Gasteiger partial charge is 0.0897 e. The summed E-state index contributed by atoms with van der Waals surface area (Å²) in [6.07, 6.45) is 3.04. The van der Waals surface area contributed by atoms with Gasteiger partial charge >= 0.3 is 0 Å². The van der Waals surface area contributed by atoms with Gasteiger partial charge in [0.2, 0.25) is 0 Å². The molecule has 1 rings (SSSR count). The van der Waals surface area contributed by atoms with Gasteiger partial charge in [0, 0.05) is 31.3 Å². The second-order valence-corrected chi connectivity index (χ2v) is 4.72. The van der Waals surface area contributed by atoms with Gasteiger partial charge in [-0.15, -0.1) is 11.3 Å². The molecule has 0 aliphatic heterocycles. The number of ether oxygens (including phenoxy) is 1. The van der Waals surface area contributed by atoms with Crippen LogP contribution in [0.4, 0.5) is 0 Å². The molecule has 0 aromatic carbocycles. The van der Waals surface area contributed by atoms with E-state index < -0.39 is 0 Å². The van der Waals surface area contributed by atoms with Crippen molar-refractivity contribution in [3.8, 4) is 0 Å². The highest BCUT2D eigenvalue weighted by Gasteiger charge is 2.03. The number of aryl methyl sites for hydroxylation is 1. The first-order valence-electron chi connectivity index (χ1n) is 5.11. The van der Waals surface area contributed by atoms with Crippen molar-refractivity contribution in [2.24, 2.45) is 5.73 Å². The molecule has 0 aliphatic rings. The minimum Gasteiger partial charge on any atom is -0.380 e. The molecular weight excluding hydrogens is 210 g/mol. The second-order valence-electron chi connectivity index (χ2n) is 3.40. The van der Waals surface area contributed by atoms with E-state index in [2.05, 4.69) is 10.3 Å². The summed E-state index contributed by atoms with van der Waals surface area (Å²) in [4.78, 5) is 5.47. The molecule has 86 valence electrons. The maximum Gasteiger partial charge on any atom is 0.0897 e. The third-order valence-electron chi connectivity index (χ3n) is 2.21. The van der Waals surface area contributed by atoms with E-state index in [0.717, 1.165) is 24.5 Å². The van der Waals surface area contributed by atoms with Gasteiger partial charge in [-0.05, 0) is 19.9 Å². The van der Waals surface area contributed by atoms with Crippen LogP contribution in [0.25, 0.3) is 0 Å². The number of rotatable bonds is 7. The minimum absolute atomic E-state index is 0.167. The van der Waals surface area contributed by atoms with Crippen LogP contribution in [0.3, 0.4) is 0 Å². The molecule has 3 N–H and O–H groups in total. The van der Waals surface area contributed by atoms with Crippen LogP contribution in [0, 0.1) is 6.92 Å². The Labute approximate surface area is 94.8 Å². The van der Waals surface area contributed by atoms with Gasteiger partial charge in [0.1, 0.15) is 0 Å². The van der Waals surface area contributed by atoms with Crippen molar-refractivity contribution in [1.82, 2.24) is 10.3 Å². The quantitative estimate of drug-likeness (QED) is 0.682. The lowest BCUT2D eigenvalue weighted by Gasteiger charge is -2.12. The SMILES string of the molecule is COC(CN)CCNCc1cnc(C)s1. The van der Waals surface area contributed by atoms with Gasteiger partial charge < -0.3 is 15.8 Å². The summed E-state index contributed by atoms with van der Waals surface area (Å²) >= 11 is 1.73. The molecule has 1 atom stereocenters. The highest BCUT2D eigenvalue weighted by molar-refractivity contribution is 7.11. The molecule has 0 fully saturated rings. The van der Waals surface area contributed by atoms with Crippen molar-refractivity contribution in [2.75, 3.05) is 20.2 Å². The Morgan fingerprint density at radius 2 is 2.47 bits per heavy atom. The van der Waals surface area contributed by atoms with Gasteiger partial charge in [-0.2, -0.15) is 0 Å². The Hall–Kier alpha value is -0.490. The van der Waals surface area contributed by atoms with E-state index in [1.807, 2.05) is 13.1 Å². The lowest BCUT2D eigenvalue weighted by molar-refractivity contribution is 0.102. The fraction of sp³-hybridized carbons (Fsp3) is 0.700. The molecule has 0 spiro atoms. The fourth-order valence-corrected chi connectivity index (χ4v) is 2.06. The van der Waals surface area contributed by atoms with Crippen LogP contribution in [-0.2, 0) is 11.3 Å². The van der Waals surface area contributed by atoms with Gasteiger partial charge in [0.05, 0.1) is 11.1 Å². The van der Waals surface area contributed by atoms with Crippen LogP contribution in [-0.4, -0.2) is 31.3 Å². The molecule has 4 nitrogen and oxygen atoms in total.